The second-order valence-electron chi connectivity index (χ2n) is 8.43. The van der Waals surface area contributed by atoms with Crippen LogP contribution in [0.3, 0.4) is 0 Å². The number of benzene rings is 2. The van der Waals surface area contributed by atoms with E-state index in [0.29, 0.717) is 34.2 Å². The van der Waals surface area contributed by atoms with Gasteiger partial charge >= 0.3 is 0 Å². The summed E-state index contributed by atoms with van der Waals surface area (Å²) in [5.41, 5.74) is 2.04. The predicted octanol–water partition coefficient (Wildman–Crippen LogP) is 4.87. The first-order valence-electron chi connectivity index (χ1n) is 12.2. The van der Waals surface area contributed by atoms with Crippen LogP contribution in [0.25, 0.3) is 0 Å². The fourth-order valence-corrected chi connectivity index (χ4v) is 4.58. The quantitative estimate of drug-likeness (QED) is 0.288. The molecule has 0 bridgehead atoms. The molecule has 0 saturated carbocycles. The van der Waals surface area contributed by atoms with Gasteiger partial charge in [-0.25, -0.2) is 0 Å². The van der Waals surface area contributed by atoms with Gasteiger partial charge in [0, 0.05) is 0 Å². The number of rotatable bonds is 11. The molecule has 4 rings (SSSR count). The minimum Gasteiger partial charge on any atom is -0.492 e. The molecule has 38 heavy (non-hydrogen) atoms. The Balaban J connectivity index is 1.72. The topological polar surface area (TPSA) is 101 Å². The summed E-state index contributed by atoms with van der Waals surface area (Å²) in [6, 6.07) is 20.4. The average Bonchev–Trinajstić information content (AvgIpc) is 3.65. The molecular weight excluding hydrogens is 502 g/mol. The van der Waals surface area contributed by atoms with E-state index < -0.39 is 17.9 Å². The number of carbonyl (C=O) groups is 3. The largest absolute Gasteiger partial charge is 0.492 e. The van der Waals surface area contributed by atoms with Crippen molar-refractivity contribution in [3.05, 3.63) is 106 Å². The average molecular weight is 532 g/mol. The smallest absolute Gasteiger partial charge is 0.261 e. The number of nitrogens with zero attached hydrogens (tertiary/aromatic N) is 1. The van der Waals surface area contributed by atoms with E-state index in [-0.39, 0.29) is 19.0 Å². The van der Waals surface area contributed by atoms with Crippen LogP contribution in [0.5, 0.6) is 5.75 Å². The van der Waals surface area contributed by atoms with Gasteiger partial charge < -0.3 is 19.8 Å². The fourth-order valence-electron chi connectivity index (χ4n) is 3.94. The molecule has 2 N–H and O–H groups in total. The number of carbonyl (C=O) groups excluding carboxylic acids is 3. The number of hydrogen-bond donors (Lipinski definition) is 2. The number of ether oxygens (including phenoxy) is 1. The maximum absolute atomic E-state index is 13.9. The molecular formula is C29H29N3O5S. The Morgan fingerprint density at radius 1 is 0.974 bits per heavy atom. The zero-order chi connectivity index (χ0) is 26.9. The van der Waals surface area contributed by atoms with Gasteiger partial charge in [-0.05, 0) is 55.1 Å². The normalized spacial score (nSPS) is 11.4. The third-order valence-electron chi connectivity index (χ3n) is 5.76. The molecule has 1 atom stereocenters. The van der Waals surface area contributed by atoms with Crippen LogP contribution in [0.2, 0.25) is 0 Å². The van der Waals surface area contributed by atoms with Crippen molar-refractivity contribution in [2.45, 2.75) is 26.4 Å². The van der Waals surface area contributed by atoms with Crippen LogP contribution in [0.4, 0.5) is 5.69 Å². The van der Waals surface area contributed by atoms with E-state index in [1.54, 1.807) is 53.9 Å². The molecule has 0 fully saturated rings. The van der Waals surface area contributed by atoms with Crippen molar-refractivity contribution in [1.29, 1.82) is 0 Å². The highest BCUT2D eigenvalue weighted by Crippen LogP contribution is 2.35. The Bertz CT molecular complexity index is 1350. The predicted molar refractivity (Wildman–Crippen MR) is 146 cm³/mol. The van der Waals surface area contributed by atoms with Crippen LogP contribution in [0, 0.1) is 6.92 Å². The number of furan rings is 1. The van der Waals surface area contributed by atoms with Crippen molar-refractivity contribution in [3.63, 3.8) is 0 Å². The summed E-state index contributed by atoms with van der Waals surface area (Å²) >= 11 is 1.28. The molecule has 2 aromatic carbocycles. The van der Waals surface area contributed by atoms with Crippen LogP contribution in [-0.4, -0.2) is 30.9 Å². The van der Waals surface area contributed by atoms with Gasteiger partial charge in [0.25, 0.3) is 5.91 Å². The second kappa shape index (κ2) is 12.7. The molecule has 0 aliphatic rings. The van der Waals surface area contributed by atoms with Crippen molar-refractivity contribution < 1.29 is 23.5 Å². The molecule has 196 valence electrons. The number of anilines is 1. The molecule has 0 spiro atoms. The van der Waals surface area contributed by atoms with Crippen LogP contribution < -0.4 is 20.3 Å². The maximum Gasteiger partial charge on any atom is 0.261 e. The lowest BCUT2D eigenvalue weighted by atomic mass is 10.0. The standard InChI is InChI=1S/C29H29N3O5S/c1-3-36-24-10-5-4-9-23(24)32(26(33)19-31-28(34)25-11-7-17-38-25)27(21-14-12-20(2)13-15-21)29(35)30-18-22-8-6-16-37-22/h4-17,27H,3,18-19H2,1-2H3,(H,30,35)(H,31,34)/t27-/m0/s1. The number of nitrogens with one attached hydrogen (secondary N) is 2. The van der Waals surface area contributed by atoms with Crippen molar-refractivity contribution in [2.75, 3.05) is 18.1 Å². The van der Waals surface area contributed by atoms with E-state index in [0.717, 1.165) is 5.56 Å². The number of para-hydroxylation sites is 2. The van der Waals surface area contributed by atoms with E-state index in [1.807, 2.05) is 38.1 Å². The lowest BCUT2D eigenvalue weighted by Crippen LogP contribution is -2.47. The first-order chi connectivity index (χ1) is 18.5. The van der Waals surface area contributed by atoms with E-state index in [1.165, 1.54) is 22.5 Å². The van der Waals surface area contributed by atoms with E-state index >= 15 is 0 Å². The Labute approximate surface area is 225 Å². The maximum atomic E-state index is 13.9. The fraction of sp³-hybridized carbons (Fsp3) is 0.207. The highest BCUT2D eigenvalue weighted by Gasteiger charge is 2.34. The highest BCUT2D eigenvalue weighted by molar-refractivity contribution is 7.12. The Kier molecular flexibility index (Phi) is 8.94. The summed E-state index contributed by atoms with van der Waals surface area (Å²) in [7, 11) is 0. The van der Waals surface area contributed by atoms with Gasteiger partial charge in [-0.3, -0.25) is 19.3 Å². The zero-order valence-corrected chi connectivity index (χ0v) is 22.0. The summed E-state index contributed by atoms with van der Waals surface area (Å²) in [6.45, 7) is 4.00. The third-order valence-corrected chi connectivity index (χ3v) is 6.62. The van der Waals surface area contributed by atoms with Crippen LogP contribution in [0.15, 0.2) is 88.9 Å². The highest BCUT2D eigenvalue weighted by atomic mass is 32.1. The first kappa shape index (κ1) is 26.7. The van der Waals surface area contributed by atoms with Gasteiger partial charge in [0.05, 0.1) is 36.5 Å². The summed E-state index contributed by atoms with van der Waals surface area (Å²) in [5, 5.41) is 7.37. The minimum atomic E-state index is -1.04. The second-order valence-corrected chi connectivity index (χ2v) is 9.38. The number of thiophene rings is 1. The van der Waals surface area contributed by atoms with E-state index in [4.69, 9.17) is 9.15 Å². The SMILES string of the molecule is CCOc1ccccc1N(C(=O)CNC(=O)c1cccs1)[C@H](C(=O)NCc1ccco1)c1ccc(C)cc1. The molecule has 0 saturated heterocycles. The lowest BCUT2D eigenvalue weighted by Gasteiger charge is -2.32. The molecule has 9 heteroatoms. The Morgan fingerprint density at radius 2 is 1.76 bits per heavy atom. The molecule has 2 heterocycles. The number of hydrogen-bond acceptors (Lipinski definition) is 6. The number of aryl methyl sites for hydroxylation is 1. The molecule has 3 amide bonds. The molecule has 4 aromatic rings. The summed E-state index contributed by atoms with van der Waals surface area (Å²) < 4.78 is 11.2. The Morgan fingerprint density at radius 3 is 2.45 bits per heavy atom. The van der Waals surface area contributed by atoms with Crippen LogP contribution >= 0.6 is 11.3 Å². The lowest BCUT2D eigenvalue weighted by molar-refractivity contribution is -0.126. The molecule has 2 aromatic heterocycles. The van der Waals surface area contributed by atoms with Gasteiger partial charge in [-0.1, -0.05) is 48.0 Å². The van der Waals surface area contributed by atoms with Gasteiger partial charge in [0.2, 0.25) is 11.8 Å². The van der Waals surface area contributed by atoms with E-state index in [9.17, 15) is 14.4 Å². The molecule has 0 aliphatic carbocycles. The minimum absolute atomic E-state index is 0.151. The molecule has 0 unspecified atom stereocenters. The van der Waals surface area contributed by atoms with Crippen LogP contribution in [-0.2, 0) is 16.1 Å². The number of amides is 3. The van der Waals surface area contributed by atoms with Crippen LogP contribution in [0.1, 0.15) is 39.5 Å². The van der Waals surface area contributed by atoms with Gasteiger partial charge in [0.15, 0.2) is 0 Å². The van der Waals surface area contributed by atoms with Gasteiger partial charge in [-0.15, -0.1) is 11.3 Å². The first-order valence-corrected chi connectivity index (χ1v) is 13.1. The Hall–Kier alpha value is -4.37. The summed E-state index contributed by atoms with van der Waals surface area (Å²) in [6.07, 6.45) is 1.53. The van der Waals surface area contributed by atoms with Crippen molar-refractivity contribution in [2.24, 2.45) is 0 Å². The summed E-state index contributed by atoms with van der Waals surface area (Å²) in [5.74, 6) is -0.212. The molecule has 0 aliphatic heterocycles. The van der Waals surface area contributed by atoms with E-state index in [2.05, 4.69) is 10.6 Å². The summed E-state index contributed by atoms with van der Waals surface area (Å²) in [4.78, 5) is 42.1. The zero-order valence-electron chi connectivity index (χ0n) is 21.2. The van der Waals surface area contributed by atoms with Crippen molar-refractivity contribution in [1.82, 2.24) is 10.6 Å². The molecule has 8 nitrogen and oxygen atoms in total. The van der Waals surface area contributed by atoms with Gasteiger partial charge in [-0.2, -0.15) is 0 Å². The third kappa shape index (κ3) is 6.49. The van der Waals surface area contributed by atoms with Crippen molar-refractivity contribution >= 4 is 34.7 Å². The van der Waals surface area contributed by atoms with Gasteiger partial charge in [0.1, 0.15) is 17.6 Å². The molecule has 0 radical (unpaired) electrons. The van der Waals surface area contributed by atoms with Crippen molar-refractivity contribution in [3.8, 4) is 5.75 Å². The monoisotopic (exact) mass is 531 g/mol.